The summed E-state index contributed by atoms with van der Waals surface area (Å²) in [7, 11) is 0. The van der Waals surface area contributed by atoms with E-state index in [1.54, 1.807) is 0 Å². The van der Waals surface area contributed by atoms with Crippen molar-refractivity contribution in [2.45, 2.75) is 0 Å². The van der Waals surface area contributed by atoms with Gasteiger partial charge in [-0.05, 0) is 6.92 Å². The minimum atomic E-state index is -0.0649. The van der Waals surface area contributed by atoms with Gasteiger partial charge < -0.3 is 10.7 Å². The van der Waals surface area contributed by atoms with Gasteiger partial charge in [0.1, 0.15) is 0 Å². The molecule has 0 spiro atoms. The summed E-state index contributed by atoms with van der Waals surface area (Å²) in [5, 5.41) is 6.90. The molecule has 0 bridgehead atoms. The van der Waals surface area contributed by atoms with Crippen molar-refractivity contribution in [1.29, 1.82) is 5.41 Å². The van der Waals surface area contributed by atoms with Gasteiger partial charge in [-0.15, -0.1) is 0 Å². The Morgan fingerprint density at radius 3 is 2.78 bits per heavy atom. The van der Waals surface area contributed by atoms with Crippen molar-refractivity contribution in [2.24, 2.45) is 5.73 Å². The lowest BCUT2D eigenvalue weighted by molar-refractivity contribution is 1.21. The lowest BCUT2D eigenvalue weighted by Gasteiger charge is -1.86. The van der Waals surface area contributed by atoms with Crippen LogP contribution in [0.2, 0.25) is 0 Å². The van der Waals surface area contributed by atoms with E-state index in [0.717, 1.165) is 0 Å². The molecule has 1 heterocycles. The Hall–Kier alpha value is -1.32. The normalized spacial score (nSPS) is 9.44. The molecule has 0 aliphatic carbocycles. The molecule has 4 heteroatoms. The van der Waals surface area contributed by atoms with Gasteiger partial charge >= 0.3 is 0 Å². The second-order valence-electron chi connectivity index (χ2n) is 1.67. The van der Waals surface area contributed by atoms with Gasteiger partial charge in [-0.25, -0.2) is 4.98 Å². The van der Waals surface area contributed by atoms with E-state index < -0.39 is 0 Å². The smallest absolute Gasteiger partial charge is 0.172 e. The number of H-pyrrole nitrogens is 1. The lowest BCUT2D eigenvalue weighted by atomic mass is 10.5. The molecular formula is C5H7N4. The second kappa shape index (κ2) is 1.89. The monoisotopic (exact) mass is 123 g/mol. The lowest BCUT2D eigenvalue weighted by Crippen LogP contribution is -2.12. The molecule has 0 aromatic carbocycles. The first-order valence-corrected chi connectivity index (χ1v) is 2.41. The van der Waals surface area contributed by atoms with Crippen LogP contribution < -0.4 is 5.73 Å². The summed E-state index contributed by atoms with van der Waals surface area (Å²) in [5.74, 6) is 0.310. The number of nitrogens with zero attached hydrogens (tertiary/aromatic N) is 1. The Labute approximate surface area is 52.6 Å². The van der Waals surface area contributed by atoms with Gasteiger partial charge in [0.05, 0.1) is 0 Å². The van der Waals surface area contributed by atoms with Crippen molar-refractivity contribution in [2.75, 3.05) is 0 Å². The third-order valence-corrected chi connectivity index (χ3v) is 0.884. The molecule has 1 aromatic rings. The zero-order valence-corrected chi connectivity index (χ0v) is 4.81. The van der Waals surface area contributed by atoms with Crippen molar-refractivity contribution >= 4 is 5.84 Å². The molecule has 1 radical (unpaired) electrons. The number of nitrogens with two attached hydrogens (primary N) is 1. The van der Waals surface area contributed by atoms with Gasteiger partial charge in [-0.1, -0.05) is 0 Å². The van der Waals surface area contributed by atoms with Gasteiger partial charge in [0, 0.05) is 11.9 Å². The Morgan fingerprint density at radius 2 is 2.56 bits per heavy atom. The fourth-order valence-electron chi connectivity index (χ4n) is 0.496. The predicted octanol–water partition coefficient (Wildman–Crippen LogP) is -0.124. The van der Waals surface area contributed by atoms with E-state index in [2.05, 4.69) is 16.9 Å². The Morgan fingerprint density at radius 1 is 1.89 bits per heavy atom. The number of rotatable bonds is 1. The minimum Gasteiger partial charge on any atom is -0.381 e. The number of aromatic amines is 1. The SMILES string of the molecule is [CH2]c1cnc(C(=N)N)[nH]1. The summed E-state index contributed by atoms with van der Waals surface area (Å²) >= 11 is 0. The third-order valence-electron chi connectivity index (χ3n) is 0.884. The van der Waals surface area contributed by atoms with Crippen LogP contribution in [0.5, 0.6) is 0 Å². The van der Waals surface area contributed by atoms with Crippen LogP contribution in [-0.4, -0.2) is 15.8 Å². The predicted molar refractivity (Wildman–Crippen MR) is 34.1 cm³/mol. The van der Waals surface area contributed by atoms with E-state index >= 15 is 0 Å². The molecule has 4 N–H and O–H groups in total. The molecule has 1 rings (SSSR count). The summed E-state index contributed by atoms with van der Waals surface area (Å²) in [6.07, 6.45) is 1.52. The van der Waals surface area contributed by atoms with Crippen molar-refractivity contribution in [3.63, 3.8) is 0 Å². The maximum absolute atomic E-state index is 6.90. The van der Waals surface area contributed by atoms with Gasteiger partial charge in [-0.2, -0.15) is 0 Å². The molecule has 0 aliphatic rings. The summed E-state index contributed by atoms with van der Waals surface area (Å²) in [5.41, 5.74) is 5.76. The van der Waals surface area contributed by atoms with E-state index in [-0.39, 0.29) is 5.84 Å². The molecule has 0 fully saturated rings. The first-order chi connectivity index (χ1) is 4.20. The van der Waals surface area contributed by atoms with E-state index in [0.29, 0.717) is 11.5 Å². The molecule has 0 unspecified atom stereocenters. The number of hydrogen-bond donors (Lipinski definition) is 3. The first kappa shape index (κ1) is 5.81. The zero-order chi connectivity index (χ0) is 6.85. The van der Waals surface area contributed by atoms with E-state index in [1.807, 2.05) is 0 Å². The highest BCUT2D eigenvalue weighted by atomic mass is 15.0. The average Bonchev–Trinajstić information content (AvgIpc) is 2.14. The maximum Gasteiger partial charge on any atom is 0.172 e. The molecule has 0 amide bonds. The quantitative estimate of drug-likeness (QED) is 0.359. The highest BCUT2D eigenvalue weighted by Gasteiger charge is 1.97. The molecule has 0 saturated heterocycles. The molecule has 4 nitrogen and oxygen atoms in total. The summed E-state index contributed by atoms with van der Waals surface area (Å²) < 4.78 is 0. The fraction of sp³-hybridized carbons (Fsp3) is 0. The van der Waals surface area contributed by atoms with Crippen LogP contribution in [0.25, 0.3) is 0 Å². The highest BCUT2D eigenvalue weighted by molar-refractivity contribution is 5.91. The van der Waals surface area contributed by atoms with Crippen molar-refractivity contribution < 1.29 is 0 Å². The Balaban J connectivity index is 2.98. The van der Waals surface area contributed by atoms with Crippen LogP contribution in [0.1, 0.15) is 11.5 Å². The number of hydrogen-bond acceptors (Lipinski definition) is 2. The number of amidine groups is 1. The molecule has 0 atom stereocenters. The van der Waals surface area contributed by atoms with Crippen molar-refractivity contribution in [3.8, 4) is 0 Å². The number of nitrogen functional groups attached to an aromatic ring is 1. The van der Waals surface area contributed by atoms with Crippen LogP contribution in [0.4, 0.5) is 0 Å². The number of imidazole rings is 1. The standard InChI is InChI=1S/C5H7N4/c1-3-2-8-5(9-3)4(6)7/h2H,1H2,(H3,6,7)(H,8,9). The Bertz CT molecular complexity index is 225. The largest absolute Gasteiger partial charge is 0.381 e. The molecular weight excluding hydrogens is 116 g/mol. The molecule has 0 aliphatic heterocycles. The zero-order valence-electron chi connectivity index (χ0n) is 4.81. The van der Waals surface area contributed by atoms with Crippen LogP contribution in [0.15, 0.2) is 6.20 Å². The van der Waals surface area contributed by atoms with E-state index in [1.165, 1.54) is 6.20 Å². The molecule has 47 valence electrons. The van der Waals surface area contributed by atoms with Crippen LogP contribution in [0, 0.1) is 12.3 Å². The first-order valence-electron chi connectivity index (χ1n) is 2.41. The molecule has 9 heavy (non-hydrogen) atoms. The summed E-state index contributed by atoms with van der Waals surface area (Å²) in [6, 6.07) is 0. The van der Waals surface area contributed by atoms with Crippen LogP contribution >= 0.6 is 0 Å². The molecule has 1 aromatic heterocycles. The van der Waals surface area contributed by atoms with Crippen LogP contribution in [0.3, 0.4) is 0 Å². The van der Waals surface area contributed by atoms with Gasteiger partial charge in [0.2, 0.25) is 0 Å². The third kappa shape index (κ3) is 1.07. The van der Waals surface area contributed by atoms with E-state index in [9.17, 15) is 0 Å². The topological polar surface area (TPSA) is 78.6 Å². The second-order valence-corrected chi connectivity index (χ2v) is 1.67. The number of nitrogens with one attached hydrogen (secondary N) is 2. The minimum absolute atomic E-state index is 0.0649. The van der Waals surface area contributed by atoms with Crippen molar-refractivity contribution in [1.82, 2.24) is 9.97 Å². The number of aromatic nitrogens is 2. The van der Waals surface area contributed by atoms with Gasteiger partial charge in [0.15, 0.2) is 11.7 Å². The molecule has 0 saturated carbocycles. The maximum atomic E-state index is 6.90. The fourth-order valence-corrected chi connectivity index (χ4v) is 0.496. The average molecular weight is 123 g/mol. The Kier molecular flexibility index (Phi) is 1.22. The highest BCUT2D eigenvalue weighted by Crippen LogP contribution is 1.91. The van der Waals surface area contributed by atoms with Crippen molar-refractivity contribution in [3.05, 3.63) is 24.6 Å². The summed E-state index contributed by atoms with van der Waals surface area (Å²) in [4.78, 5) is 6.45. The van der Waals surface area contributed by atoms with Gasteiger partial charge in [0.25, 0.3) is 0 Å². The summed E-state index contributed by atoms with van der Waals surface area (Å²) in [6.45, 7) is 3.55. The van der Waals surface area contributed by atoms with Gasteiger partial charge in [-0.3, -0.25) is 5.41 Å². The van der Waals surface area contributed by atoms with Crippen LogP contribution in [-0.2, 0) is 0 Å². The van der Waals surface area contributed by atoms with E-state index in [4.69, 9.17) is 11.1 Å².